The minimum atomic E-state index is -1.44. The van der Waals surface area contributed by atoms with E-state index in [2.05, 4.69) is 10.6 Å². The molecular weight excluding hydrogens is 805 g/mol. The van der Waals surface area contributed by atoms with Crippen LogP contribution in [0.4, 0.5) is 0 Å². The van der Waals surface area contributed by atoms with E-state index in [1.54, 1.807) is 23.5 Å². The Morgan fingerprint density at radius 2 is 1.11 bits per heavy atom. The molecule has 0 aromatic carbocycles. The molecule has 0 spiro atoms. The molecule has 0 bridgehead atoms. The molecule has 56 heavy (non-hydrogen) atoms. The highest BCUT2D eigenvalue weighted by Gasteiger charge is 2.43. The number of aliphatic hydroxyl groups excluding tert-OH is 4. The Hall–Kier alpha value is -2.49. The largest absolute Gasteiger partial charge is 0.480 e. The smallest absolute Gasteiger partial charge is 0.317 e. The van der Waals surface area contributed by atoms with Crippen LogP contribution >= 0.6 is 35.3 Å². The summed E-state index contributed by atoms with van der Waals surface area (Å²) < 4.78 is 11.1. The number of carbonyl (C=O) groups is 5. The molecule has 1 unspecified atom stereocenters. The minimum absolute atomic E-state index is 0.0112. The van der Waals surface area contributed by atoms with Crippen molar-refractivity contribution in [2.45, 2.75) is 42.7 Å². The molecule has 0 aromatic rings. The standard InChI is InChI=1S/C32H58N6O15S3/c33-23(21-56-32-31(51)30(50)29(49)22(20-39)53-32)34-3-13-54-11-1-9-52-10-2-12-55-14-4-35-24(40)15-37(17-26(43)44)7-5-36(16-25(41)42)6-8-38(18-27(45)46)19-28(47)48/h22,29-32,39,49-51H,1-21H2,(H2,33,34)(H,35,40)(H,41,42)(H,43,44)(H,45,46)(H,47,48)/t22-,29-,30+,31+,32?/m1/s1. The summed E-state index contributed by atoms with van der Waals surface area (Å²) in [6, 6.07) is 0. The van der Waals surface area contributed by atoms with Crippen LogP contribution in [-0.4, -0.2) is 242 Å². The summed E-state index contributed by atoms with van der Waals surface area (Å²) >= 11 is 4.44. The Morgan fingerprint density at radius 3 is 1.61 bits per heavy atom. The van der Waals surface area contributed by atoms with Gasteiger partial charge in [0.15, 0.2) is 0 Å². The van der Waals surface area contributed by atoms with Gasteiger partial charge >= 0.3 is 23.9 Å². The highest BCUT2D eigenvalue weighted by Crippen LogP contribution is 2.28. The van der Waals surface area contributed by atoms with Crippen LogP contribution in [-0.2, 0) is 33.4 Å². The zero-order chi connectivity index (χ0) is 41.9. The summed E-state index contributed by atoms with van der Waals surface area (Å²) in [5.74, 6) is -1.69. The predicted octanol–water partition coefficient (Wildman–Crippen LogP) is -3.29. The summed E-state index contributed by atoms with van der Waals surface area (Å²) in [5, 5.41) is 89.5. The third-order valence-corrected chi connectivity index (χ3v) is 11.1. The van der Waals surface area contributed by atoms with Crippen molar-refractivity contribution in [1.29, 1.82) is 5.41 Å². The van der Waals surface area contributed by atoms with Crippen LogP contribution in [0.5, 0.6) is 0 Å². The number of hydrogen-bond acceptors (Lipinski definition) is 18. The fourth-order valence-corrected chi connectivity index (χ4v) is 7.64. The van der Waals surface area contributed by atoms with Crippen LogP contribution in [0, 0.1) is 5.41 Å². The van der Waals surface area contributed by atoms with Crippen LogP contribution in [0.3, 0.4) is 0 Å². The van der Waals surface area contributed by atoms with Gasteiger partial charge in [-0.25, -0.2) is 0 Å². The van der Waals surface area contributed by atoms with Crippen molar-refractivity contribution in [1.82, 2.24) is 25.3 Å². The number of carbonyl (C=O) groups excluding carboxylic acids is 1. The number of rotatable bonds is 34. The van der Waals surface area contributed by atoms with Crippen molar-refractivity contribution >= 4 is 70.9 Å². The fourth-order valence-electron chi connectivity index (χ4n) is 5.08. The summed E-state index contributed by atoms with van der Waals surface area (Å²) in [7, 11) is 0. The van der Waals surface area contributed by atoms with Gasteiger partial charge in [-0.2, -0.15) is 23.5 Å². The van der Waals surface area contributed by atoms with Crippen molar-refractivity contribution in [3.63, 3.8) is 0 Å². The molecule has 1 aliphatic rings. The predicted molar refractivity (Wildman–Crippen MR) is 210 cm³/mol. The molecule has 0 aliphatic carbocycles. The zero-order valence-corrected chi connectivity index (χ0v) is 33.7. The van der Waals surface area contributed by atoms with E-state index in [9.17, 15) is 54.6 Å². The Morgan fingerprint density at radius 1 is 0.643 bits per heavy atom. The van der Waals surface area contributed by atoms with Crippen molar-refractivity contribution in [3.8, 4) is 0 Å². The number of thioether (sulfide) groups is 3. The van der Waals surface area contributed by atoms with Crippen LogP contribution in [0.15, 0.2) is 0 Å². The van der Waals surface area contributed by atoms with Crippen molar-refractivity contribution in [2.75, 3.05) is 121 Å². The number of aliphatic hydroxyl groups is 4. The molecule has 21 nitrogen and oxygen atoms in total. The highest BCUT2D eigenvalue weighted by molar-refractivity contribution is 8.00. The highest BCUT2D eigenvalue weighted by atomic mass is 32.2. The van der Waals surface area contributed by atoms with E-state index in [0.717, 1.165) is 46.8 Å². The molecule has 11 N–H and O–H groups in total. The van der Waals surface area contributed by atoms with Crippen LogP contribution in [0.2, 0.25) is 0 Å². The van der Waals surface area contributed by atoms with Gasteiger partial charge in [-0.05, 0) is 24.3 Å². The first-order chi connectivity index (χ1) is 26.6. The molecular formula is C32H58N6O15S3. The molecule has 0 radical (unpaired) electrons. The first-order valence-corrected chi connectivity index (χ1v) is 21.3. The number of carboxylic acids is 4. The number of amides is 1. The van der Waals surface area contributed by atoms with Crippen LogP contribution in [0.25, 0.3) is 0 Å². The van der Waals surface area contributed by atoms with Crippen molar-refractivity contribution < 1.29 is 74.3 Å². The quantitative estimate of drug-likeness (QED) is 0.0172. The molecule has 324 valence electrons. The lowest BCUT2D eigenvalue weighted by atomic mass is 10.0. The van der Waals surface area contributed by atoms with Gasteiger partial charge in [0.2, 0.25) is 5.91 Å². The lowest BCUT2D eigenvalue weighted by molar-refractivity contribution is -0.205. The maximum Gasteiger partial charge on any atom is 0.317 e. The van der Waals surface area contributed by atoms with Gasteiger partial charge in [-0.15, -0.1) is 11.8 Å². The molecule has 0 aromatic heterocycles. The zero-order valence-electron chi connectivity index (χ0n) is 31.2. The lowest BCUT2D eigenvalue weighted by Crippen LogP contribution is -2.57. The Labute approximate surface area is 338 Å². The number of hydrogen-bond donors (Lipinski definition) is 11. The molecule has 1 saturated heterocycles. The van der Waals surface area contributed by atoms with Gasteiger partial charge in [0.1, 0.15) is 35.7 Å². The maximum atomic E-state index is 12.5. The van der Waals surface area contributed by atoms with Crippen molar-refractivity contribution in [3.05, 3.63) is 0 Å². The van der Waals surface area contributed by atoms with E-state index < -0.39 is 92.4 Å². The van der Waals surface area contributed by atoms with Gasteiger partial charge in [0, 0.05) is 64.0 Å². The number of aliphatic carboxylic acids is 4. The van der Waals surface area contributed by atoms with Gasteiger partial charge in [0.05, 0.1) is 45.1 Å². The topological polar surface area (TPSA) is 323 Å². The van der Waals surface area contributed by atoms with E-state index in [4.69, 9.17) is 25.1 Å². The monoisotopic (exact) mass is 862 g/mol. The number of nitrogens with zero attached hydrogens (tertiary/aromatic N) is 3. The second-order valence-corrected chi connectivity index (χ2v) is 16.1. The molecule has 0 saturated carbocycles. The van der Waals surface area contributed by atoms with Gasteiger partial charge < -0.3 is 61.0 Å². The Kier molecular flexibility index (Phi) is 28.1. The maximum absolute atomic E-state index is 12.5. The van der Waals surface area contributed by atoms with E-state index in [1.807, 2.05) is 0 Å². The molecule has 1 fully saturated rings. The second kappa shape index (κ2) is 30.6. The lowest BCUT2D eigenvalue weighted by Gasteiger charge is -2.39. The third-order valence-electron chi connectivity index (χ3n) is 7.82. The van der Waals surface area contributed by atoms with Crippen LogP contribution < -0.4 is 10.6 Å². The number of nitrogens with one attached hydrogen (secondary N) is 3. The van der Waals surface area contributed by atoms with E-state index in [1.165, 1.54) is 9.80 Å². The number of ether oxygens (including phenoxy) is 2. The van der Waals surface area contributed by atoms with E-state index >= 15 is 0 Å². The fraction of sp³-hybridized carbons (Fsp3) is 0.812. The van der Waals surface area contributed by atoms with Gasteiger partial charge in [-0.1, -0.05) is 0 Å². The average Bonchev–Trinajstić information content (AvgIpc) is 3.11. The summed E-state index contributed by atoms with van der Waals surface area (Å²) in [6.07, 6.45) is -3.49. The summed E-state index contributed by atoms with van der Waals surface area (Å²) in [6.45, 7) is -0.571. The third kappa shape index (κ3) is 25.0. The first kappa shape index (κ1) is 51.5. The normalized spacial score (nSPS) is 19.7. The first-order valence-electron chi connectivity index (χ1n) is 17.9. The van der Waals surface area contributed by atoms with Crippen LogP contribution in [0.1, 0.15) is 12.8 Å². The van der Waals surface area contributed by atoms with E-state index in [0.29, 0.717) is 32.1 Å². The minimum Gasteiger partial charge on any atom is -0.480 e. The SMILES string of the molecule is N=C(CSC1O[C@H](CO)[C@@H](O)[C@H](O)[C@@H]1O)NCCSCCCOCCCSCCNC(=O)CN(CCN(CCN(CC(=O)O)CC(=O)O)CC(=O)O)CC(=O)O. The number of amidine groups is 1. The van der Waals surface area contributed by atoms with E-state index in [-0.39, 0.29) is 44.3 Å². The molecule has 1 amide bonds. The Balaban J connectivity index is 2.15. The van der Waals surface area contributed by atoms with Gasteiger partial charge in [0.25, 0.3) is 0 Å². The summed E-state index contributed by atoms with van der Waals surface area (Å²) in [4.78, 5) is 61.3. The molecule has 1 aliphatic heterocycles. The average molecular weight is 863 g/mol. The molecule has 1 heterocycles. The molecule has 1 rings (SSSR count). The summed E-state index contributed by atoms with van der Waals surface area (Å²) in [5.41, 5.74) is -0.877. The molecule has 24 heteroatoms. The number of carboxylic acid groups (broad SMARTS) is 4. The Bertz CT molecular complexity index is 1180. The second-order valence-electron chi connectivity index (χ2n) is 12.6. The van der Waals surface area contributed by atoms with Crippen molar-refractivity contribution in [2.24, 2.45) is 0 Å². The van der Waals surface area contributed by atoms with Gasteiger partial charge in [-0.3, -0.25) is 44.1 Å². The molecule has 5 atom stereocenters.